The first-order valence-corrected chi connectivity index (χ1v) is 13.7. The van der Waals surface area contributed by atoms with Crippen molar-refractivity contribution < 1.29 is 27.4 Å². The second-order valence-corrected chi connectivity index (χ2v) is 11.5. The molecule has 0 bridgehead atoms. The Morgan fingerprint density at radius 1 is 1.24 bits per heavy atom. The first-order valence-electron chi connectivity index (χ1n) is 10.8. The maximum absolute atomic E-state index is 14.3. The number of anilines is 2. The number of hydrogen-bond donors (Lipinski definition) is 1. The second-order valence-electron chi connectivity index (χ2n) is 8.65. The van der Waals surface area contributed by atoms with E-state index >= 15 is 0 Å². The molecular weight excluding hydrogens is 465 g/mol. The summed E-state index contributed by atoms with van der Waals surface area (Å²) < 4.78 is 47.1. The molecule has 0 fully saturated rings. The van der Waals surface area contributed by atoms with E-state index in [1.807, 2.05) is 49.1 Å². The van der Waals surface area contributed by atoms with Crippen LogP contribution >= 0.6 is 11.8 Å². The van der Waals surface area contributed by atoms with E-state index in [4.69, 9.17) is 9.84 Å². The van der Waals surface area contributed by atoms with Crippen LogP contribution in [0.25, 0.3) is 0 Å². The molecule has 33 heavy (non-hydrogen) atoms. The Kier molecular flexibility index (Phi) is 7.33. The summed E-state index contributed by atoms with van der Waals surface area (Å²) in [5.41, 5.74) is -1.63. The number of hydrogen-bond acceptors (Lipinski definition) is 6. The zero-order valence-electron chi connectivity index (χ0n) is 19.3. The van der Waals surface area contributed by atoms with E-state index in [9.17, 15) is 17.6 Å². The van der Waals surface area contributed by atoms with E-state index in [1.54, 1.807) is 12.3 Å². The topological polar surface area (TPSA) is 83.9 Å². The van der Waals surface area contributed by atoms with Crippen LogP contribution in [0, 0.1) is 5.41 Å². The van der Waals surface area contributed by atoms with Crippen molar-refractivity contribution in [2.75, 3.05) is 30.1 Å². The molecule has 3 rings (SSSR count). The van der Waals surface area contributed by atoms with E-state index in [1.165, 1.54) is 17.8 Å². The Bertz CT molecular complexity index is 1120. The number of thioether (sulfide) groups is 1. The van der Waals surface area contributed by atoms with Crippen LogP contribution in [0.5, 0.6) is 5.75 Å². The first kappa shape index (κ1) is 25.4. The highest BCUT2D eigenvalue weighted by molar-refractivity contribution is 7.98. The molecule has 9 heteroatoms. The van der Waals surface area contributed by atoms with Gasteiger partial charge in [-0.1, -0.05) is 32.0 Å². The zero-order chi connectivity index (χ0) is 24.4. The number of halogens is 1. The van der Waals surface area contributed by atoms with Gasteiger partial charge in [-0.2, -0.15) is 0 Å². The third-order valence-corrected chi connectivity index (χ3v) is 9.12. The lowest BCUT2D eigenvalue weighted by molar-refractivity contribution is -0.151. The van der Waals surface area contributed by atoms with E-state index in [0.717, 1.165) is 12.6 Å². The zero-order valence-corrected chi connectivity index (χ0v) is 20.9. The molecule has 0 saturated carbocycles. The predicted molar refractivity (Wildman–Crippen MR) is 129 cm³/mol. The maximum Gasteiger partial charge on any atom is 0.344 e. The molecule has 0 unspecified atom stereocenters. The van der Waals surface area contributed by atoms with Gasteiger partial charge in [0.05, 0.1) is 21.2 Å². The molecule has 6 nitrogen and oxygen atoms in total. The van der Waals surface area contributed by atoms with Gasteiger partial charge in [0, 0.05) is 23.7 Å². The molecule has 1 heterocycles. The molecule has 2 aromatic rings. The van der Waals surface area contributed by atoms with Crippen LogP contribution in [-0.2, 0) is 14.6 Å². The van der Waals surface area contributed by atoms with Gasteiger partial charge in [-0.15, -0.1) is 11.8 Å². The third kappa shape index (κ3) is 5.14. The van der Waals surface area contributed by atoms with Gasteiger partial charge in [0.2, 0.25) is 5.67 Å². The van der Waals surface area contributed by atoms with Crippen LogP contribution in [0.4, 0.5) is 15.8 Å². The van der Waals surface area contributed by atoms with E-state index in [2.05, 4.69) is 0 Å². The summed E-state index contributed by atoms with van der Waals surface area (Å²) in [4.78, 5) is 13.9. The summed E-state index contributed by atoms with van der Waals surface area (Å²) in [6.07, 6.45) is 3.19. The largest absolute Gasteiger partial charge is 0.488 e. The summed E-state index contributed by atoms with van der Waals surface area (Å²) in [5.74, 6) is -1.50. The van der Waals surface area contributed by atoms with Crippen molar-refractivity contribution in [1.29, 1.82) is 0 Å². The molecule has 0 aromatic heterocycles. The number of sulfone groups is 1. The maximum atomic E-state index is 14.3. The minimum absolute atomic E-state index is 0.0165. The Morgan fingerprint density at radius 2 is 1.88 bits per heavy atom. The summed E-state index contributed by atoms with van der Waals surface area (Å²) in [5, 5.41) is 9.07. The van der Waals surface area contributed by atoms with Crippen molar-refractivity contribution in [3.63, 3.8) is 0 Å². The molecule has 0 aliphatic carbocycles. The van der Waals surface area contributed by atoms with Gasteiger partial charge in [0.15, 0.2) is 9.84 Å². The quantitative estimate of drug-likeness (QED) is 0.496. The number of alkyl halides is 1. The van der Waals surface area contributed by atoms with Crippen molar-refractivity contribution in [2.45, 2.75) is 49.1 Å². The monoisotopic (exact) mass is 495 g/mol. The van der Waals surface area contributed by atoms with E-state index < -0.39 is 33.5 Å². The summed E-state index contributed by atoms with van der Waals surface area (Å²) in [6.45, 7) is 4.74. The van der Waals surface area contributed by atoms with Crippen LogP contribution in [0.1, 0.15) is 33.6 Å². The smallest absolute Gasteiger partial charge is 0.344 e. The molecule has 1 aliphatic rings. The van der Waals surface area contributed by atoms with Crippen molar-refractivity contribution in [1.82, 2.24) is 0 Å². The fraction of sp³-hybridized carbons (Fsp3) is 0.458. The highest BCUT2D eigenvalue weighted by atomic mass is 32.2. The van der Waals surface area contributed by atoms with E-state index in [0.29, 0.717) is 30.0 Å². The average molecular weight is 496 g/mol. The Morgan fingerprint density at radius 3 is 2.42 bits per heavy atom. The lowest BCUT2D eigenvalue weighted by Gasteiger charge is -2.35. The normalized spacial score (nSPS) is 18.6. The Hall–Kier alpha value is -2.26. The summed E-state index contributed by atoms with van der Waals surface area (Å²) in [6, 6.07) is 12.8. The Labute approximate surface area is 199 Å². The van der Waals surface area contributed by atoms with Gasteiger partial charge in [-0.3, -0.25) is 0 Å². The van der Waals surface area contributed by atoms with Gasteiger partial charge in [0.1, 0.15) is 12.4 Å². The number of carboxylic acid groups (broad SMARTS) is 1. The third-order valence-electron chi connectivity index (χ3n) is 6.37. The lowest BCUT2D eigenvalue weighted by atomic mass is 9.83. The summed E-state index contributed by atoms with van der Waals surface area (Å²) in [7, 11) is -3.71. The highest BCUT2D eigenvalue weighted by Gasteiger charge is 2.41. The summed E-state index contributed by atoms with van der Waals surface area (Å²) >= 11 is 1.33. The van der Waals surface area contributed by atoms with Crippen LogP contribution in [0.2, 0.25) is 0 Å². The number of carbonyl (C=O) groups is 1. The second kappa shape index (κ2) is 9.54. The lowest BCUT2D eigenvalue weighted by Crippen LogP contribution is -2.37. The molecular formula is C24H30FNO5S2. The molecule has 1 N–H and O–H groups in total. The first-order chi connectivity index (χ1) is 15.5. The van der Waals surface area contributed by atoms with Crippen molar-refractivity contribution in [3.05, 3.63) is 42.5 Å². The number of nitrogens with zero attached hydrogens (tertiary/aromatic N) is 1. The van der Waals surface area contributed by atoms with Gasteiger partial charge in [-0.25, -0.2) is 17.6 Å². The fourth-order valence-corrected chi connectivity index (χ4v) is 6.79. The van der Waals surface area contributed by atoms with Crippen molar-refractivity contribution >= 4 is 38.9 Å². The van der Waals surface area contributed by atoms with Gasteiger partial charge in [0.25, 0.3) is 0 Å². The number of fused-ring (bicyclic) bond motifs is 1. The minimum Gasteiger partial charge on any atom is -0.488 e. The van der Waals surface area contributed by atoms with Crippen LogP contribution in [-0.4, -0.2) is 50.3 Å². The molecule has 0 spiro atoms. The molecule has 2 aromatic carbocycles. The molecule has 0 saturated heterocycles. The standard InChI is InChI=1S/C24H30FNO5S2/c1-5-24(6-2)14-26(17-10-8-7-9-11-17)18-12-20(32-4)19(13-21(18)33(29,30)16-24)31-15-23(3,25)22(27)28/h7-13H,5-6,14-16H2,1-4H3,(H,27,28)/t23-/m0/s1. The SMILES string of the molecule is CCC1(CC)CN(c2ccccc2)c2cc(SC)c(OC[C@](C)(F)C(=O)O)cc2S(=O)(=O)C1. The van der Waals surface area contributed by atoms with Gasteiger partial charge in [-0.05, 0) is 44.2 Å². The fourth-order valence-electron chi connectivity index (χ4n) is 4.00. The molecule has 1 aliphatic heterocycles. The number of rotatable bonds is 8. The molecule has 1 atom stereocenters. The van der Waals surface area contributed by atoms with E-state index in [-0.39, 0.29) is 16.4 Å². The van der Waals surface area contributed by atoms with Gasteiger partial charge < -0.3 is 14.7 Å². The molecule has 0 radical (unpaired) electrons. The van der Waals surface area contributed by atoms with Crippen molar-refractivity contribution in [3.8, 4) is 5.75 Å². The molecule has 180 valence electrons. The van der Waals surface area contributed by atoms with Crippen LogP contribution in [0.15, 0.2) is 52.3 Å². The average Bonchev–Trinajstić information content (AvgIpc) is 2.89. The predicted octanol–water partition coefficient (Wildman–Crippen LogP) is 5.33. The Balaban J connectivity index is 2.20. The van der Waals surface area contributed by atoms with Crippen LogP contribution < -0.4 is 9.64 Å². The van der Waals surface area contributed by atoms with Crippen molar-refractivity contribution in [2.24, 2.45) is 5.41 Å². The number of ether oxygens (including phenoxy) is 1. The van der Waals surface area contributed by atoms with Gasteiger partial charge >= 0.3 is 5.97 Å². The number of para-hydroxylation sites is 1. The highest BCUT2D eigenvalue weighted by Crippen LogP contribution is 2.46. The number of benzene rings is 2. The van der Waals surface area contributed by atoms with Crippen LogP contribution in [0.3, 0.4) is 0 Å². The number of aliphatic carboxylic acids is 1. The number of carboxylic acids is 1. The molecule has 0 amide bonds. The minimum atomic E-state index is -3.71.